The summed E-state index contributed by atoms with van der Waals surface area (Å²) in [4.78, 5) is 51.2. The normalized spacial score (nSPS) is 20.1. The number of piperidine rings is 1. The Hall–Kier alpha value is -4.02. The molecule has 0 radical (unpaired) electrons. The van der Waals surface area contributed by atoms with E-state index in [0.717, 1.165) is 17.7 Å². The minimum atomic E-state index is -1.05. The third-order valence-electron chi connectivity index (χ3n) is 6.89. The van der Waals surface area contributed by atoms with E-state index >= 15 is 0 Å². The van der Waals surface area contributed by atoms with Gasteiger partial charge in [-0.2, -0.15) is 0 Å². The lowest BCUT2D eigenvalue weighted by atomic mass is 9.89. The molecule has 11 heteroatoms. The number of benzene rings is 2. The van der Waals surface area contributed by atoms with Crippen LogP contribution in [0.3, 0.4) is 0 Å². The van der Waals surface area contributed by atoms with Gasteiger partial charge in [0.05, 0.1) is 31.5 Å². The SMILES string of the molecule is O=C1CCC(c2c(F)cc(N3CC(NC(=O)OC4CN(C(=O)Cc5ccccc5)C4)C3)cc2F)C(=O)N1. The predicted molar refractivity (Wildman–Crippen MR) is 128 cm³/mol. The number of rotatable bonds is 6. The fourth-order valence-electron chi connectivity index (χ4n) is 4.79. The smallest absolute Gasteiger partial charge is 0.407 e. The molecule has 2 aromatic carbocycles. The molecular formula is C26H26F2N4O5. The average molecular weight is 513 g/mol. The van der Waals surface area contributed by atoms with Crippen molar-refractivity contribution in [3.05, 3.63) is 65.2 Å². The maximum atomic E-state index is 14.7. The summed E-state index contributed by atoms with van der Waals surface area (Å²) < 4.78 is 34.8. The van der Waals surface area contributed by atoms with Crippen molar-refractivity contribution in [2.75, 3.05) is 31.1 Å². The number of halogens is 2. The third kappa shape index (κ3) is 5.40. The van der Waals surface area contributed by atoms with Crippen LogP contribution in [0.15, 0.2) is 42.5 Å². The number of anilines is 1. The third-order valence-corrected chi connectivity index (χ3v) is 6.89. The molecule has 1 atom stereocenters. The molecule has 2 aromatic rings. The van der Waals surface area contributed by atoms with E-state index in [1.165, 1.54) is 0 Å². The summed E-state index contributed by atoms with van der Waals surface area (Å²) in [5.74, 6) is -3.94. The van der Waals surface area contributed by atoms with Crippen LogP contribution in [0.5, 0.6) is 0 Å². The van der Waals surface area contributed by atoms with E-state index in [1.807, 2.05) is 30.3 Å². The molecule has 0 bridgehead atoms. The molecule has 0 aliphatic carbocycles. The molecule has 3 saturated heterocycles. The van der Waals surface area contributed by atoms with Gasteiger partial charge in [-0.15, -0.1) is 0 Å². The highest BCUT2D eigenvalue weighted by Gasteiger charge is 2.36. The van der Waals surface area contributed by atoms with Gasteiger partial charge in [-0.3, -0.25) is 19.7 Å². The lowest BCUT2D eigenvalue weighted by molar-refractivity contribution is -0.140. The van der Waals surface area contributed by atoms with E-state index in [-0.39, 0.29) is 36.5 Å². The summed E-state index contributed by atoms with van der Waals surface area (Å²) in [6.45, 7) is 1.35. The number of hydrogen-bond donors (Lipinski definition) is 2. The molecule has 37 heavy (non-hydrogen) atoms. The van der Waals surface area contributed by atoms with Crippen molar-refractivity contribution < 1.29 is 32.7 Å². The van der Waals surface area contributed by atoms with E-state index in [1.54, 1.807) is 9.80 Å². The molecule has 194 valence electrons. The van der Waals surface area contributed by atoms with Gasteiger partial charge in [0, 0.05) is 30.8 Å². The fraction of sp³-hybridized carbons (Fsp3) is 0.385. The highest BCUT2D eigenvalue weighted by atomic mass is 19.1. The zero-order valence-corrected chi connectivity index (χ0v) is 19.9. The van der Waals surface area contributed by atoms with Crippen LogP contribution in [0, 0.1) is 11.6 Å². The first kappa shape index (κ1) is 24.7. The molecule has 1 unspecified atom stereocenters. The predicted octanol–water partition coefficient (Wildman–Crippen LogP) is 1.85. The van der Waals surface area contributed by atoms with E-state index in [9.17, 15) is 28.0 Å². The lowest BCUT2D eigenvalue weighted by Crippen LogP contribution is -2.61. The molecular weight excluding hydrogens is 486 g/mol. The number of nitrogens with zero attached hydrogens (tertiary/aromatic N) is 2. The summed E-state index contributed by atoms with van der Waals surface area (Å²) in [6, 6.07) is 11.5. The Labute approximate surface area is 211 Å². The van der Waals surface area contributed by atoms with Gasteiger partial charge in [0.15, 0.2) is 0 Å². The quantitative estimate of drug-likeness (QED) is 0.572. The molecule has 0 spiro atoms. The van der Waals surface area contributed by atoms with E-state index in [0.29, 0.717) is 38.3 Å². The second kappa shape index (κ2) is 10.2. The lowest BCUT2D eigenvalue weighted by Gasteiger charge is -2.42. The Morgan fingerprint density at radius 1 is 1.03 bits per heavy atom. The van der Waals surface area contributed by atoms with Crippen LogP contribution < -0.4 is 15.5 Å². The van der Waals surface area contributed by atoms with Crippen molar-refractivity contribution in [3.63, 3.8) is 0 Å². The zero-order chi connectivity index (χ0) is 26.1. The number of likely N-dealkylation sites (tertiary alicyclic amines) is 1. The summed E-state index contributed by atoms with van der Waals surface area (Å²) >= 11 is 0. The second-order valence-electron chi connectivity index (χ2n) is 9.56. The minimum Gasteiger partial charge on any atom is -0.442 e. The largest absolute Gasteiger partial charge is 0.442 e. The number of amides is 4. The summed E-state index contributed by atoms with van der Waals surface area (Å²) in [5.41, 5.74) is 0.878. The van der Waals surface area contributed by atoms with Crippen LogP contribution in [0.1, 0.15) is 29.9 Å². The molecule has 9 nitrogen and oxygen atoms in total. The molecule has 5 rings (SSSR count). The minimum absolute atomic E-state index is 0.0233. The van der Waals surface area contributed by atoms with Gasteiger partial charge in [0.1, 0.15) is 17.7 Å². The molecule has 3 fully saturated rings. The molecule has 3 heterocycles. The first-order valence-electron chi connectivity index (χ1n) is 12.1. The van der Waals surface area contributed by atoms with E-state index in [2.05, 4.69) is 10.6 Å². The number of hydrogen-bond acceptors (Lipinski definition) is 6. The van der Waals surface area contributed by atoms with Crippen molar-refractivity contribution in [2.24, 2.45) is 0 Å². The Balaban J connectivity index is 1.06. The van der Waals surface area contributed by atoms with Crippen LogP contribution >= 0.6 is 0 Å². The number of imide groups is 1. The second-order valence-corrected chi connectivity index (χ2v) is 9.56. The van der Waals surface area contributed by atoms with Crippen LogP contribution in [0.4, 0.5) is 19.3 Å². The van der Waals surface area contributed by atoms with Crippen LogP contribution in [0.2, 0.25) is 0 Å². The maximum absolute atomic E-state index is 14.7. The highest BCUT2D eigenvalue weighted by molar-refractivity contribution is 6.01. The maximum Gasteiger partial charge on any atom is 0.407 e. The van der Waals surface area contributed by atoms with Gasteiger partial charge in [0.25, 0.3) is 0 Å². The number of alkyl carbamates (subject to hydrolysis) is 1. The standard InChI is InChI=1S/C26H26F2N4O5/c27-20-9-17(10-21(28)24(20)19-6-7-22(33)30-25(19)35)31-11-16(12-31)29-26(36)37-18-13-32(14-18)23(34)8-15-4-2-1-3-5-15/h1-5,9-10,16,18-19H,6-8,11-14H2,(H,29,36)(H,30,33,35). The van der Waals surface area contributed by atoms with Gasteiger partial charge in [-0.25, -0.2) is 13.6 Å². The highest BCUT2D eigenvalue weighted by Crippen LogP contribution is 2.33. The summed E-state index contributed by atoms with van der Waals surface area (Å²) in [7, 11) is 0. The molecule has 3 aliphatic heterocycles. The summed E-state index contributed by atoms with van der Waals surface area (Å²) in [5, 5.41) is 4.84. The van der Waals surface area contributed by atoms with Crippen molar-refractivity contribution in [3.8, 4) is 0 Å². The first-order chi connectivity index (χ1) is 17.8. The van der Waals surface area contributed by atoms with Gasteiger partial charge in [-0.1, -0.05) is 30.3 Å². The Kier molecular flexibility index (Phi) is 6.77. The molecule has 0 saturated carbocycles. The topological polar surface area (TPSA) is 108 Å². The van der Waals surface area contributed by atoms with Crippen molar-refractivity contribution in [1.29, 1.82) is 0 Å². The average Bonchev–Trinajstić information content (AvgIpc) is 2.79. The van der Waals surface area contributed by atoms with Gasteiger partial charge in [-0.05, 0) is 24.1 Å². The first-order valence-corrected chi connectivity index (χ1v) is 12.1. The zero-order valence-electron chi connectivity index (χ0n) is 19.9. The monoisotopic (exact) mass is 512 g/mol. The Morgan fingerprint density at radius 2 is 1.70 bits per heavy atom. The van der Waals surface area contributed by atoms with Crippen LogP contribution in [-0.4, -0.2) is 67.0 Å². The Bertz CT molecular complexity index is 1210. The molecule has 0 aromatic heterocycles. The molecule has 4 amide bonds. The number of carbonyl (C=O) groups excluding carboxylic acids is 4. The number of carbonyl (C=O) groups is 4. The summed E-state index contributed by atoms with van der Waals surface area (Å²) in [6.07, 6.45) is -0.604. The fourth-order valence-corrected chi connectivity index (χ4v) is 4.79. The van der Waals surface area contributed by atoms with Gasteiger partial charge < -0.3 is 19.9 Å². The van der Waals surface area contributed by atoms with Crippen LogP contribution in [0.25, 0.3) is 0 Å². The number of ether oxygens (including phenoxy) is 1. The molecule has 3 aliphatic rings. The van der Waals surface area contributed by atoms with Crippen LogP contribution in [-0.2, 0) is 25.5 Å². The Morgan fingerprint density at radius 3 is 2.35 bits per heavy atom. The van der Waals surface area contributed by atoms with E-state index in [4.69, 9.17) is 4.74 Å². The van der Waals surface area contributed by atoms with Crippen molar-refractivity contribution >= 4 is 29.5 Å². The van der Waals surface area contributed by atoms with Crippen molar-refractivity contribution in [2.45, 2.75) is 37.3 Å². The van der Waals surface area contributed by atoms with E-state index < -0.39 is 35.5 Å². The van der Waals surface area contributed by atoms with Gasteiger partial charge in [0.2, 0.25) is 17.7 Å². The van der Waals surface area contributed by atoms with Gasteiger partial charge >= 0.3 is 6.09 Å². The number of nitrogens with one attached hydrogen (secondary N) is 2. The van der Waals surface area contributed by atoms with Crippen molar-refractivity contribution in [1.82, 2.24) is 15.5 Å². The molecule has 2 N–H and O–H groups in total.